The molecule has 0 unspecified atom stereocenters. The van der Waals surface area contributed by atoms with Crippen molar-refractivity contribution in [3.05, 3.63) is 114 Å². The van der Waals surface area contributed by atoms with Crippen molar-refractivity contribution in [3.8, 4) is 5.75 Å². The number of carbonyl (C=O) groups is 3. The highest BCUT2D eigenvalue weighted by Gasteiger charge is 2.65. The van der Waals surface area contributed by atoms with Crippen LogP contribution in [-0.4, -0.2) is 87.0 Å². The summed E-state index contributed by atoms with van der Waals surface area (Å²) in [6, 6.07) is 31.9. The molecule has 5 aliphatic rings. The van der Waals surface area contributed by atoms with Crippen molar-refractivity contribution in [2.45, 2.75) is 81.1 Å². The lowest BCUT2D eigenvalue weighted by atomic mass is 9.82. The Morgan fingerprint density at radius 1 is 0.931 bits per heavy atom. The number of benzene rings is 4. The van der Waals surface area contributed by atoms with Crippen LogP contribution in [0, 0.1) is 5.92 Å². The van der Waals surface area contributed by atoms with Crippen molar-refractivity contribution in [1.82, 2.24) is 10.2 Å². The van der Waals surface area contributed by atoms with Gasteiger partial charge in [-0.1, -0.05) is 79.8 Å². The summed E-state index contributed by atoms with van der Waals surface area (Å²) in [7, 11) is -0.880. The fraction of sp³-hybridized carbons (Fsp3) is 0.413. The number of carbonyl (C=O) groups excluding carboxylic acids is 3. The maximum absolute atomic E-state index is 14.7. The largest absolute Gasteiger partial charge is 0.497 e. The summed E-state index contributed by atoms with van der Waals surface area (Å²) in [4.78, 5) is 49.9. The average Bonchev–Trinajstić information content (AvgIpc) is 3.82. The van der Waals surface area contributed by atoms with Crippen LogP contribution in [-0.2, 0) is 37.7 Å². The molecule has 0 aromatic heterocycles. The van der Waals surface area contributed by atoms with Gasteiger partial charge in [0.2, 0.25) is 5.91 Å². The highest BCUT2D eigenvalue weighted by atomic mass is 28.3. The number of hydrogen-bond donors (Lipinski definition) is 3. The summed E-state index contributed by atoms with van der Waals surface area (Å²) in [6.07, 6.45) is 1.43. The van der Waals surface area contributed by atoms with E-state index in [1.165, 1.54) is 5.19 Å². The Morgan fingerprint density at radius 2 is 1.64 bits per heavy atom. The molecule has 12 heteroatoms. The van der Waals surface area contributed by atoms with E-state index in [4.69, 9.17) is 9.47 Å². The number of ether oxygens (including phenoxy) is 2. The zero-order valence-corrected chi connectivity index (χ0v) is 34.7. The molecule has 4 aromatic rings. The molecular formula is C46H53N5O6Si. The molecule has 302 valence electrons. The van der Waals surface area contributed by atoms with E-state index < -0.39 is 25.3 Å². The number of nitrogens with one attached hydrogen (secondary N) is 2. The van der Waals surface area contributed by atoms with Crippen molar-refractivity contribution in [3.63, 3.8) is 0 Å². The van der Waals surface area contributed by atoms with Gasteiger partial charge in [0.1, 0.15) is 11.3 Å². The van der Waals surface area contributed by atoms with Crippen LogP contribution in [0.25, 0.3) is 0 Å². The van der Waals surface area contributed by atoms with Gasteiger partial charge in [-0.3, -0.25) is 19.3 Å². The summed E-state index contributed by atoms with van der Waals surface area (Å²) in [5.41, 5.74) is 3.07. The second-order valence-electron chi connectivity index (χ2n) is 17.3. The molecular weight excluding hydrogens is 747 g/mol. The first kappa shape index (κ1) is 38.5. The van der Waals surface area contributed by atoms with Crippen LogP contribution in [0.4, 0.5) is 17.1 Å². The Balaban J connectivity index is 1.10. The molecule has 3 amide bonds. The first-order valence-electron chi connectivity index (χ1n) is 20.6. The van der Waals surface area contributed by atoms with Gasteiger partial charge in [-0.25, -0.2) is 0 Å². The molecule has 3 saturated heterocycles. The number of amides is 3. The van der Waals surface area contributed by atoms with Crippen LogP contribution < -0.4 is 30.4 Å². The molecule has 0 aliphatic carbocycles. The Morgan fingerprint density at radius 3 is 2.34 bits per heavy atom. The lowest BCUT2D eigenvalue weighted by Crippen LogP contribution is -2.55. The van der Waals surface area contributed by atoms with E-state index in [2.05, 4.69) is 65.9 Å². The van der Waals surface area contributed by atoms with Crippen molar-refractivity contribution in [1.29, 1.82) is 0 Å². The number of anilines is 3. The molecule has 3 N–H and O–H groups in total. The molecule has 0 radical (unpaired) electrons. The minimum absolute atomic E-state index is 0.0560. The summed E-state index contributed by atoms with van der Waals surface area (Å²) >= 11 is 0. The normalized spacial score (nSPS) is 26.3. The molecule has 3 fully saturated rings. The van der Waals surface area contributed by atoms with E-state index in [1.807, 2.05) is 71.6 Å². The average molecular weight is 800 g/mol. The number of fused-ring (bicyclic) bond motifs is 3. The number of aliphatic hydroxyl groups is 1. The first-order chi connectivity index (χ1) is 28.0. The van der Waals surface area contributed by atoms with Gasteiger partial charge in [0.25, 0.3) is 11.8 Å². The van der Waals surface area contributed by atoms with E-state index in [0.717, 1.165) is 35.7 Å². The highest BCUT2D eigenvalue weighted by Crippen LogP contribution is 2.59. The topological polar surface area (TPSA) is 124 Å². The molecule has 9 rings (SSSR count). The number of aliphatic hydroxyl groups excluding tert-OH is 1. The third-order valence-electron chi connectivity index (χ3n) is 14.1. The van der Waals surface area contributed by atoms with Crippen LogP contribution in [0.5, 0.6) is 5.75 Å². The minimum atomic E-state index is -2.53. The van der Waals surface area contributed by atoms with E-state index in [9.17, 15) is 19.5 Å². The van der Waals surface area contributed by atoms with Crippen molar-refractivity contribution in [2.24, 2.45) is 5.92 Å². The third kappa shape index (κ3) is 5.98. The van der Waals surface area contributed by atoms with Crippen molar-refractivity contribution >= 4 is 48.0 Å². The van der Waals surface area contributed by atoms with E-state index in [1.54, 1.807) is 12.0 Å². The number of nitrogens with zero attached hydrogens (tertiary/aromatic N) is 3. The lowest BCUT2D eigenvalue weighted by molar-refractivity contribution is -0.149. The van der Waals surface area contributed by atoms with Gasteiger partial charge < -0.3 is 35.0 Å². The zero-order chi connectivity index (χ0) is 40.4. The Kier molecular flexibility index (Phi) is 9.74. The maximum Gasteiger partial charge on any atom is 0.261 e. The van der Waals surface area contributed by atoms with Crippen LogP contribution in [0.15, 0.2) is 97.1 Å². The number of hydrogen-bond acceptors (Lipinski definition) is 8. The second-order valence-corrected chi connectivity index (χ2v) is 22.0. The predicted octanol–water partition coefficient (Wildman–Crippen LogP) is 5.13. The van der Waals surface area contributed by atoms with Gasteiger partial charge in [-0.05, 0) is 91.5 Å². The molecule has 58 heavy (non-hydrogen) atoms. The molecule has 2 spiro atoms. The number of rotatable bonds is 8. The number of methoxy groups -OCH3 is 1. The first-order valence-corrected chi connectivity index (χ1v) is 23.7. The summed E-state index contributed by atoms with van der Waals surface area (Å²) < 4.78 is 12.7. The third-order valence-corrected chi connectivity index (χ3v) is 18.4. The summed E-state index contributed by atoms with van der Waals surface area (Å²) in [5, 5.41) is 18.3. The fourth-order valence-corrected chi connectivity index (χ4v) is 15.0. The van der Waals surface area contributed by atoms with Gasteiger partial charge in [0.05, 0.1) is 47.0 Å². The van der Waals surface area contributed by atoms with Gasteiger partial charge in [-0.15, -0.1) is 0 Å². The summed E-state index contributed by atoms with van der Waals surface area (Å²) in [5.74, 6) is 0.140. The van der Waals surface area contributed by atoms with Gasteiger partial charge in [0, 0.05) is 35.1 Å². The Bertz CT molecular complexity index is 2230. The quantitative estimate of drug-likeness (QED) is 0.210. The predicted molar refractivity (Wildman–Crippen MR) is 227 cm³/mol. The fourth-order valence-electron chi connectivity index (χ4n) is 11.0. The van der Waals surface area contributed by atoms with E-state index >= 15 is 0 Å². The number of para-hydroxylation sites is 1. The standard InChI is InChI=1S/C46H53N5O6Si/c1-30-42(58(3,4)37-17-15-36(56-2)16-18-37)40(26-41(53)49-27-32-11-9-8-10-31(32)24-35(49)28-52)57-46(30)38-25-34(14-19-39(38)48-43(46)54)50-29-51(33-12-6-5-7-13-33)45(44(50)55)20-22-47-23-21-45/h5-19,25,30,35,40,42,47,52H,20-24,26-29H2,1-4H3,(H,48,54)/t30-,35+,40+,42-,46+/m1/s1. The number of piperidine rings is 1. The smallest absolute Gasteiger partial charge is 0.261 e. The lowest BCUT2D eigenvalue weighted by Gasteiger charge is -2.39. The van der Waals surface area contributed by atoms with Crippen LogP contribution >= 0.6 is 0 Å². The van der Waals surface area contributed by atoms with E-state index in [-0.39, 0.29) is 48.3 Å². The van der Waals surface area contributed by atoms with Gasteiger partial charge >= 0.3 is 0 Å². The Hall–Kier alpha value is -5.01. The molecule has 0 saturated carbocycles. The molecule has 5 atom stereocenters. The second kappa shape index (κ2) is 14.7. The minimum Gasteiger partial charge on any atom is -0.497 e. The molecule has 5 aliphatic heterocycles. The SMILES string of the molecule is COc1ccc([Si](C)(C)[C@H]2[C@H](CC(=O)N3Cc4ccccc4C[C@H]3CO)O[C@@]3(C(=O)Nc4ccc(N5CN(c6ccccc6)C6(CCNCC6)C5=O)cc43)[C@@H]2C)cc1. The maximum atomic E-state index is 14.7. The highest BCUT2D eigenvalue weighted by molar-refractivity contribution is 6.91. The van der Waals surface area contributed by atoms with Gasteiger partial charge in [0.15, 0.2) is 5.60 Å². The molecule has 0 bridgehead atoms. The monoisotopic (exact) mass is 799 g/mol. The summed E-state index contributed by atoms with van der Waals surface area (Å²) in [6.45, 7) is 8.84. The Labute approximate surface area is 341 Å². The van der Waals surface area contributed by atoms with Crippen LogP contribution in [0.3, 0.4) is 0 Å². The molecule has 4 aromatic carbocycles. The van der Waals surface area contributed by atoms with Crippen LogP contribution in [0.2, 0.25) is 18.6 Å². The van der Waals surface area contributed by atoms with E-state index in [0.29, 0.717) is 49.4 Å². The molecule has 5 heterocycles. The van der Waals surface area contributed by atoms with Gasteiger partial charge in [-0.2, -0.15) is 0 Å². The molecule has 11 nitrogen and oxygen atoms in total. The van der Waals surface area contributed by atoms with Crippen LogP contribution in [0.1, 0.15) is 42.9 Å². The van der Waals surface area contributed by atoms with Crippen molar-refractivity contribution < 1.29 is 29.0 Å². The van der Waals surface area contributed by atoms with Crippen molar-refractivity contribution in [2.75, 3.05) is 48.6 Å². The zero-order valence-electron chi connectivity index (χ0n) is 33.7.